The first-order valence-corrected chi connectivity index (χ1v) is 18.1. The van der Waals surface area contributed by atoms with Crippen molar-refractivity contribution < 1.29 is 0 Å². The molecule has 1 aliphatic carbocycles. The number of benzene rings is 8. The lowest BCUT2D eigenvalue weighted by molar-refractivity contribution is 0.662. The molecule has 0 aliphatic heterocycles. The van der Waals surface area contributed by atoms with Gasteiger partial charge in [-0.3, -0.25) is 0 Å². The van der Waals surface area contributed by atoms with Gasteiger partial charge in [0.15, 0.2) is 0 Å². The van der Waals surface area contributed by atoms with Gasteiger partial charge >= 0.3 is 0 Å². The predicted octanol–water partition coefficient (Wildman–Crippen LogP) is 14.1. The number of hydrogen-bond acceptors (Lipinski definition) is 1. The van der Waals surface area contributed by atoms with Gasteiger partial charge in [0.2, 0.25) is 0 Å². The van der Waals surface area contributed by atoms with E-state index in [9.17, 15) is 0 Å². The van der Waals surface area contributed by atoms with E-state index >= 15 is 0 Å². The van der Waals surface area contributed by atoms with Crippen molar-refractivity contribution in [2.24, 2.45) is 0 Å². The summed E-state index contributed by atoms with van der Waals surface area (Å²) >= 11 is 0. The number of anilines is 3. The van der Waals surface area contributed by atoms with Crippen molar-refractivity contribution in [2.75, 3.05) is 4.90 Å². The highest BCUT2D eigenvalue weighted by Crippen LogP contribution is 2.55. The lowest BCUT2D eigenvalue weighted by Crippen LogP contribution is -2.18. The van der Waals surface area contributed by atoms with E-state index < -0.39 is 0 Å². The van der Waals surface area contributed by atoms with Crippen LogP contribution in [-0.4, -0.2) is 0 Å². The largest absolute Gasteiger partial charge is 0.310 e. The highest BCUT2D eigenvalue weighted by atomic mass is 15.1. The van der Waals surface area contributed by atoms with Crippen LogP contribution >= 0.6 is 0 Å². The van der Waals surface area contributed by atoms with Crippen molar-refractivity contribution >= 4 is 17.1 Å². The summed E-state index contributed by atoms with van der Waals surface area (Å²) in [5.41, 5.74) is 18.3. The highest BCUT2D eigenvalue weighted by Gasteiger charge is 2.39. The molecule has 0 N–H and O–H groups in total. The number of rotatable bonds is 7. The Morgan fingerprint density at radius 2 is 0.731 bits per heavy atom. The molecule has 0 saturated heterocycles. The second kappa shape index (κ2) is 13.0. The molecule has 8 aromatic rings. The molecule has 1 heteroatoms. The molecule has 8 aromatic carbocycles. The standard InChI is InChI=1S/C51H39N/c1-51(2)48-35-49(46(41-22-13-6-14-23-41)34-47(48)45-25-15-24-44(50(45)51)40-20-11-5-12-21-40)52(42-30-26-38(27-31-42)36-16-7-3-8-17-36)43-32-28-39(29-33-43)37-18-9-4-10-19-37/h3-35H,1-2H3. The average Bonchev–Trinajstić information content (AvgIpc) is 3.45. The zero-order chi connectivity index (χ0) is 35.1. The maximum Gasteiger partial charge on any atom is 0.0543 e. The normalized spacial score (nSPS) is 12.6. The molecular weight excluding hydrogens is 627 g/mol. The summed E-state index contributed by atoms with van der Waals surface area (Å²) < 4.78 is 0. The minimum absolute atomic E-state index is 0.221. The van der Waals surface area contributed by atoms with Crippen LogP contribution in [0.5, 0.6) is 0 Å². The van der Waals surface area contributed by atoms with Gasteiger partial charge in [0.1, 0.15) is 0 Å². The Labute approximate surface area is 307 Å². The summed E-state index contributed by atoms with van der Waals surface area (Å²) in [6.45, 7) is 4.79. The zero-order valence-electron chi connectivity index (χ0n) is 29.5. The Morgan fingerprint density at radius 3 is 1.21 bits per heavy atom. The molecule has 0 amide bonds. The predicted molar refractivity (Wildman–Crippen MR) is 220 cm³/mol. The van der Waals surface area contributed by atoms with Crippen LogP contribution in [0.4, 0.5) is 17.1 Å². The third-order valence-corrected chi connectivity index (χ3v) is 10.7. The van der Waals surface area contributed by atoms with Crippen LogP contribution in [0.15, 0.2) is 200 Å². The summed E-state index contributed by atoms with van der Waals surface area (Å²) in [6, 6.07) is 72.7. The quantitative estimate of drug-likeness (QED) is 0.164. The van der Waals surface area contributed by atoms with Crippen LogP contribution in [0.1, 0.15) is 25.0 Å². The smallest absolute Gasteiger partial charge is 0.0543 e. The fraction of sp³-hybridized carbons (Fsp3) is 0.0588. The Kier molecular flexibility index (Phi) is 7.90. The monoisotopic (exact) mass is 665 g/mol. The molecule has 0 spiro atoms. The minimum atomic E-state index is -0.221. The highest BCUT2D eigenvalue weighted by molar-refractivity contribution is 5.97. The van der Waals surface area contributed by atoms with E-state index in [-0.39, 0.29) is 5.41 Å². The summed E-state index contributed by atoms with van der Waals surface area (Å²) in [6.07, 6.45) is 0. The first kappa shape index (κ1) is 31.5. The fourth-order valence-corrected chi connectivity index (χ4v) is 8.10. The Bertz CT molecular complexity index is 2400. The number of fused-ring (bicyclic) bond motifs is 3. The maximum atomic E-state index is 2.47. The Hall–Kier alpha value is -6.44. The van der Waals surface area contributed by atoms with E-state index in [1.165, 1.54) is 66.8 Å². The van der Waals surface area contributed by atoms with Crippen molar-refractivity contribution in [3.05, 3.63) is 211 Å². The van der Waals surface area contributed by atoms with Crippen LogP contribution in [0, 0.1) is 0 Å². The van der Waals surface area contributed by atoms with Gasteiger partial charge in [-0.1, -0.05) is 178 Å². The lowest BCUT2D eigenvalue weighted by Gasteiger charge is -2.31. The molecule has 0 aromatic heterocycles. The molecule has 9 rings (SSSR count). The van der Waals surface area contributed by atoms with Gasteiger partial charge in [0, 0.05) is 22.4 Å². The van der Waals surface area contributed by atoms with Crippen molar-refractivity contribution in [3.63, 3.8) is 0 Å². The van der Waals surface area contributed by atoms with Crippen LogP contribution in [0.3, 0.4) is 0 Å². The molecular formula is C51H39N. The van der Waals surface area contributed by atoms with Crippen LogP contribution in [0.25, 0.3) is 55.6 Å². The molecule has 0 radical (unpaired) electrons. The topological polar surface area (TPSA) is 3.24 Å². The van der Waals surface area contributed by atoms with Crippen molar-refractivity contribution in [2.45, 2.75) is 19.3 Å². The molecule has 0 saturated carbocycles. The first-order valence-electron chi connectivity index (χ1n) is 18.1. The SMILES string of the molecule is CC1(C)c2cc(N(c3ccc(-c4ccccc4)cc3)c3ccc(-c4ccccc4)cc3)c(-c3ccccc3)cc2-c2cccc(-c3ccccc3)c21. The third-order valence-electron chi connectivity index (χ3n) is 10.7. The average molecular weight is 666 g/mol. The van der Waals surface area contributed by atoms with Crippen LogP contribution in [0.2, 0.25) is 0 Å². The van der Waals surface area contributed by atoms with Crippen molar-refractivity contribution in [3.8, 4) is 55.6 Å². The molecule has 1 aliphatic rings. The lowest BCUT2D eigenvalue weighted by atomic mass is 9.78. The zero-order valence-corrected chi connectivity index (χ0v) is 29.5. The number of hydrogen-bond donors (Lipinski definition) is 0. The molecule has 0 heterocycles. The fourth-order valence-electron chi connectivity index (χ4n) is 8.10. The molecule has 1 nitrogen and oxygen atoms in total. The summed E-state index contributed by atoms with van der Waals surface area (Å²) in [5, 5.41) is 0. The van der Waals surface area contributed by atoms with E-state index in [4.69, 9.17) is 0 Å². The van der Waals surface area contributed by atoms with E-state index in [0.29, 0.717) is 0 Å². The second-order valence-corrected chi connectivity index (χ2v) is 14.2. The van der Waals surface area contributed by atoms with Crippen molar-refractivity contribution in [1.82, 2.24) is 0 Å². The summed E-state index contributed by atoms with van der Waals surface area (Å²) in [4.78, 5) is 2.45. The van der Waals surface area contributed by atoms with Gasteiger partial charge in [-0.15, -0.1) is 0 Å². The molecule has 0 fully saturated rings. The van der Waals surface area contributed by atoms with Gasteiger partial charge in [0.25, 0.3) is 0 Å². The first-order chi connectivity index (χ1) is 25.6. The van der Waals surface area contributed by atoms with E-state index in [1.54, 1.807) is 0 Å². The minimum Gasteiger partial charge on any atom is -0.310 e. The number of nitrogens with zero attached hydrogens (tertiary/aromatic N) is 1. The molecule has 0 bridgehead atoms. The summed E-state index contributed by atoms with van der Waals surface area (Å²) in [7, 11) is 0. The Morgan fingerprint density at radius 1 is 0.327 bits per heavy atom. The molecule has 52 heavy (non-hydrogen) atoms. The van der Waals surface area contributed by atoms with Crippen LogP contribution < -0.4 is 4.90 Å². The van der Waals surface area contributed by atoms with Gasteiger partial charge in [-0.2, -0.15) is 0 Å². The van der Waals surface area contributed by atoms with Crippen molar-refractivity contribution in [1.29, 1.82) is 0 Å². The molecule has 248 valence electrons. The third kappa shape index (κ3) is 5.52. The van der Waals surface area contributed by atoms with E-state index in [2.05, 4.69) is 219 Å². The van der Waals surface area contributed by atoms with E-state index in [0.717, 1.165) is 17.1 Å². The van der Waals surface area contributed by atoms with Crippen LogP contribution in [-0.2, 0) is 5.41 Å². The maximum absolute atomic E-state index is 2.47. The molecule has 0 atom stereocenters. The Balaban J connectivity index is 1.27. The van der Waals surface area contributed by atoms with Gasteiger partial charge < -0.3 is 4.90 Å². The van der Waals surface area contributed by atoms with Gasteiger partial charge in [0.05, 0.1) is 5.69 Å². The van der Waals surface area contributed by atoms with Gasteiger partial charge in [-0.05, 0) is 97.6 Å². The summed E-state index contributed by atoms with van der Waals surface area (Å²) in [5.74, 6) is 0. The van der Waals surface area contributed by atoms with Gasteiger partial charge in [-0.25, -0.2) is 0 Å². The second-order valence-electron chi connectivity index (χ2n) is 14.2. The van der Waals surface area contributed by atoms with E-state index in [1.807, 2.05) is 0 Å². The molecule has 0 unspecified atom stereocenters.